The molecular formula is C12H11N7. The molecule has 7 heteroatoms. The van der Waals surface area contributed by atoms with Crippen LogP contribution in [0.4, 0.5) is 5.69 Å². The van der Waals surface area contributed by atoms with E-state index in [9.17, 15) is 0 Å². The highest BCUT2D eigenvalue weighted by Crippen LogP contribution is 2.13. The number of hydrogen-bond acceptors (Lipinski definition) is 6. The molecule has 1 N–H and O–H groups in total. The van der Waals surface area contributed by atoms with Crippen LogP contribution in [0, 0.1) is 0 Å². The maximum atomic E-state index is 4.20. The van der Waals surface area contributed by atoms with Gasteiger partial charge in [0.15, 0.2) is 0 Å². The summed E-state index contributed by atoms with van der Waals surface area (Å²) in [5.74, 6) is 0. The first-order chi connectivity index (χ1) is 9.42. The predicted molar refractivity (Wildman–Crippen MR) is 68.5 cm³/mol. The van der Waals surface area contributed by atoms with Crippen LogP contribution in [0.25, 0.3) is 5.69 Å². The third-order valence-corrected chi connectivity index (χ3v) is 2.55. The molecule has 7 nitrogen and oxygen atoms in total. The number of tetrazole rings is 1. The second-order valence-electron chi connectivity index (χ2n) is 3.86. The Morgan fingerprint density at radius 1 is 1.21 bits per heavy atom. The van der Waals surface area contributed by atoms with E-state index in [1.54, 1.807) is 29.6 Å². The molecule has 0 saturated heterocycles. The lowest BCUT2D eigenvalue weighted by Crippen LogP contribution is -2.03. The molecule has 0 saturated carbocycles. The van der Waals surface area contributed by atoms with Gasteiger partial charge in [0.2, 0.25) is 0 Å². The van der Waals surface area contributed by atoms with Crippen LogP contribution in [0.15, 0.2) is 49.2 Å². The number of hydrogen-bond donors (Lipinski definition) is 1. The van der Waals surface area contributed by atoms with Crippen LogP contribution >= 0.6 is 0 Å². The van der Waals surface area contributed by atoms with Gasteiger partial charge < -0.3 is 5.32 Å². The largest absolute Gasteiger partial charge is 0.379 e. The monoisotopic (exact) mass is 253 g/mol. The molecule has 0 amide bonds. The zero-order chi connectivity index (χ0) is 12.9. The van der Waals surface area contributed by atoms with E-state index in [1.165, 1.54) is 0 Å². The normalized spacial score (nSPS) is 10.3. The van der Waals surface area contributed by atoms with Crippen LogP contribution in [0.3, 0.4) is 0 Å². The minimum Gasteiger partial charge on any atom is -0.379 e. The quantitative estimate of drug-likeness (QED) is 0.748. The van der Waals surface area contributed by atoms with E-state index >= 15 is 0 Å². The Bertz CT molecular complexity index is 636. The Morgan fingerprint density at radius 3 is 3.00 bits per heavy atom. The average Bonchev–Trinajstić information content (AvgIpc) is 3.01. The van der Waals surface area contributed by atoms with Gasteiger partial charge >= 0.3 is 0 Å². The molecule has 0 aliphatic heterocycles. The van der Waals surface area contributed by atoms with Crippen molar-refractivity contribution in [2.24, 2.45) is 0 Å². The molecule has 0 aliphatic carbocycles. The lowest BCUT2D eigenvalue weighted by atomic mass is 10.2. The van der Waals surface area contributed by atoms with E-state index in [0.29, 0.717) is 6.54 Å². The van der Waals surface area contributed by atoms with E-state index in [0.717, 1.165) is 17.1 Å². The molecule has 2 aromatic heterocycles. The van der Waals surface area contributed by atoms with Gasteiger partial charge in [0.25, 0.3) is 0 Å². The predicted octanol–water partition coefficient (Wildman–Crippen LogP) is 1.06. The van der Waals surface area contributed by atoms with Gasteiger partial charge in [0, 0.05) is 18.1 Å². The first kappa shape index (κ1) is 11.3. The molecule has 0 bridgehead atoms. The molecule has 94 valence electrons. The Labute approximate surface area is 109 Å². The Kier molecular flexibility index (Phi) is 3.09. The zero-order valence-electron chi connectivity index (χ0n) is 10.0. The first-order valence-electron chi connectivity index (χ1n) is 5.74. The smallest absolute Gasteiger partial charge is 0.143 e. The number of rotatable bonds is 4. The summed E-state index contributed by atoms with van der Waals surface area (Å²) in [6, 6.07) is 7.82. The second-order valence-corrected chi connectivity index (χ2v) is 3.86. The van der Waals surface area contributed by atoms with Gasteiger partial charge in [-0.2, -0.15) is 0 Å². The summed E-state index contributed by atoms with van der Waals surface area (Å²) in [5.41, 5.74) is 2.75. The van der Waals surface area contributed by atoms with Crippen LogP contribution in [0.5, 0.6) is 0 Å². The van der Waals surface area contributed by atoms with Crippen molar-refractivity contribution < 1.29 is 0 Å². The standard InChI is InChI=1S/C12H11N7/c1-2-10(15-8-11-7-13-4-5-14-11)6-12(3-1)19-9-16-17-18-19/h1-7,9,15H,8H2. The molecule has 0 spiro atoms. The van der Waals surface area contributed by atoms with E-state index in [4.69, 9.17) is 0 Å². The molecule has 0 atom stereocenters. The zero-order valence-corrected chi connectivity index (χ0v) is 10.0. The maximum absolute atomic E-state index is 4.20. The summed E-state index contributed by atoms with van der Waals surface area (Å²) in [6.07, 6.45) is 6.62. The van der Waals surface area contributed by atoms with E-state index < -0.39 is 0 Å². The molecule has 19 heavy (non-hydrogen) atoms. The Hall–Kier alpha value is -2.83. The maximum Gasteiger partial charge on any atom is 0.143 e. The highest BCUT2D eigenvalue weighted by Gasteiger charge is 2.00. The van der Waals surface area contributed by atoms with Crippen LogP contribution in [0.2, 0.25) is 0 Å². The van der Waals surface area contributed by atoms with Gasteiger partial charge in [0.1, 0.15) is 6.33 Å². The lowest BCUT2D eigenvalue weighted by Gasteiger charge is -2.07. The molecular weight excluding hydrogens is 242 g/mol. The van der Waals surface area contributed by atoms with Crippen molar-refractivity contribution in [3.05, 3.63) is 54.9 Å². The minimum absolute atomic E-state index is 0.618. The average molecular weight is 253 g/mol. The van der Waals surface area contributed by atoms with Gasteiger partial charge in [-0.05, 0) is 28.6 Å². The SMILES string of the molecule is c1cc(NCc2cnccn2)cc(-n2cnnn2)c1. The van der Waals surface area contributed by atoms with Gasteiger partial charge in [-0.25, -0.2) is 4.68 Å². The molecule has 3 aromatic rings. The lowest BCUT2D eigenvalue weighted by molar-refractivity contribution is 0.789. The fourth-order valence-electron chi connectivity index (χ4n) is 1.65. The van der Waals surface area contributed by atoms with Crippen LogP contribution in [-0.2, 0) is 6.54 Å². The van der Waals surface area contributed by atoms with Crippen LogP contribution in [0.1, 0.15) is 5.69 Å². The Balaban J connectivity index is 1.74. The van der Waals surface area contributed by atoms with Crippen LogP contribution in [-0.4, -0.2) is 30.2 Å². The topological polar surface area (TPSA) is 81.4 Å². The third-order valence-electron chi connectivity index (χ3n) is 2.55. The third kappa shape index (κ3) is 2.71. The van der Waals surface area contributed by atoms with E-state index in [2.05, 4.69) is 30.8 Å². The molecule has 1 aromatic carbocycles. The summed E-state index contributed by atoms with van der Waals surface area (Å²) in [4.78, 5) is 8.23. The molecule has 0 aliphatic rings. The van der Waals surface area contributed by atoms with Crippen molar-refractivity contribution in [3.8, 4) is 5.69 Å². The number of anilines is 1. The first-order valence-corrected chi connectivity index (χ1v) is 5.74. The Morgan fingerprint density at radius 2 is 2.21 bits per heavy atom. The van der Waals surface area contributed by atoms with Gasteiger partial charge in [-0.15, -0.1) is 5.10 Å². The number of aromatic nitrogens is 6. The minimum atomic E-state index is 0.618. The fraction of sp³-hybridized carbons (Fsp3) is 0.0833. The number of nitrogens with zero attached hydrogens (tertiary/aromatic N) is 6. The van der Waals surface area contributed by atoms with Crippen molar-refractivity contribution in [3.63, 3.8) is 0 Å². The van der Waals surface area contributed by atoms with Gasteiger partial charge in [-0.3, -0.25) is 9.97 Å². The van der Waals surface area contributed by atoms with Crippen molar-refractivity contribution in [2.45, 2.75) is 6.54 Å². The summed E-state index contributed by atoms with van der Waals surface area (Å²) in [7, 11) is 0. The summed E-state index contributed by atoms with van der Waals surface area (Å²) in [6.45, 7) is 0.618. The van der Waals surface area contributed by atoms with Crippen molar-refractivity contribution >= 4 is 5.69 Å². The fourth-order valence-corrected chi connectivity index (χ4v) is 1.65. The summed E-state index contributed by atoms with van der Waals surface area (Å²) in [5, 5.41) is 14.4. The van der Waals surface area contributed by atoms with Crippen molar-refractivity contribution in [1.29, 1.82) is 0 Å². The molecule has 0 unspecified atom stereocenters. The highest BCUT2D eigenvalue weighted by molar-refractivity contribution is 5.50. The summed E-state index contributed by atoms with van der Waals surface area (Å²) >= 11 is 0. The van der Waals surface area contributed by atoms with Crippen LogP contribution < -0.4 is 5.32 Å². The molecule has 0 radical (unpaired) electrons. The van der Waals surface area contributed by atoms with Gasteiger partial charge in [0.05, 0.1) is 24.1 Å². The number of benzene rings is 1. The molecule has 0 fully saturated rings. The van der Waals surface area contributed by atoms with Crippen molar-refractivity contribution in [2.75, 3.05) is 5.32 Å². The van der Waals surface area contributed by atoms with E-state index in [1.807, 2.05) is 24.3 Å². The summed E-state index contributed by atoms with van der Waals surface area (Å²) < 4.78 is 1.60. The van der Waals surface area contributed by atoms with Crippen molar-refractivity contribution in [1.82, 2.24) is 30.2 Å². The highest BCUT2D eigenvalue weighted by atomic mass is 15.5. The second kappa shape index (κ2) is 5.21. The molecule has 2 heterocycles. The van der Waals surface area contributed by atoms with Gasteiger partial charge in [-0.1, -0.05) is 6.07 Å². The number of nitrogens with one attached hydrogen (secondary N) is 1. The van der Waals surface area contributed by atoms with E-state index in [-0.39, 0.29) is 0 Å². The molecule has 3 rings (SSSR count).